The summed E-state index contributed by atoms with van der Waals surface area (Å²) in [6.07, 6.45) is 11.4. The molecule has 4 aromatic heterocycles. The van der Waals surface area contributed by atoms with Gasteiger partial charge in [-0.2, -0.15) is 5.10 Å². The number of benzene rings is 1. The predicted octanol–water partition coefficient (Wildman–Crippen LogP) is 3.33. The van der Waals surface area contributed by atoms with Crippen LogP contribution in [0, 0.1) is 0 Å². The van der Waals surface area contributed by atoms with Crippen LogP contribution in [0.4, 0.5) is 0 Å². The van der Waals surface area contributed by atoms with E-state index in [9.17, 15) is 0 Å². The standard InChI is InChI=1S/C22H20N6O/c29-7-6-28-13-18(10-26-28)17-8-19-20(11-24-22(19)23-9-17)21-14-27(15-25-21)12-16-4-2-1-3-5-16/h1-5,8-11,13-15,29H,6-7,12H2,(H,23,24). The van der Waals surface area contributed by atoms with Gasteiger partial charge < -0.3 is 14.7 Å². The van der Waals surface area contributed by atoms with Gasteiger partial charge in [0, 0.05) is 53.4 Å². The van der Waals surface area contributed by atoms with Crippen LogP contribution < -0.4 is 0 Å². The number of aliphatic hydroxyl groups is 1. The van der Waals surface area contributed by atoms with E-state index in [0.29, 0.717) is 6.54 Å². The molecule has 0 aliphatic heterocycles. The molecule has 29 heavy (non-hydrogen) atoms. The first-order valence-corrected chi connectivity index (χ1v) is 9.47. The van der Waals surface area contributed by atoms with Crippen molar-refractivity contribution >= 4 is 11.0 Å². The first kappa shape index (κ1) is 17.4. The number of nitrogens with one attached hydrogen (secondary N) is 1. The largest absolute Gasteiger partial charge is 0.394 e. The molecule has 0 saturated carbocycles. The van der Waals surface area contributed by atoms with E-state index in [1.807, 2.05) is 43.1 Å². The monoisotopic (exact) mass is 384 g/mol. The third-order valence-electron chi connectivity index (χ3n) is 4.94. The first-order valence-electron chi connectivity index (χ1n) is 9.47. The van der Waals surface area contributed by atoms with Gasteiger partial charge in [0.2, 0.25) is 0 Å². The SMILES string of the molecule is OCCn1cc(-c2cnc3[nH]cc(-c4cn(Cc5ccccc5)cn4)c3c2)cn1. The van der Waals surface area contributed by atoms with Gasteiger partial charge >= 0.3 is 0 Å². The Morgan fingerprint density at radius 1 is 1.00 bits per heavy atom. The van der Waals surface area contributed by atoms with Gasteiger partial charge in [-0.1, -0.05) is 30.3 Å². The van der Waals surface area contributed by atoms with Gasteiger partial charge in [-0.15, -0.1) is 0 Å². The fourth-order valence-corrected chi connectivity index (χ4v) is 3.49. The molecule has 0 saturated heterocycles. The van der Waals surface area contributed by atoms with E-state index >= 15 is 0 Å². The Morgan fingerprint density at radius 2 is 1.90 bits per heavy atom. The maximum Gasteiger partial charge on any atom is 0.137 e. The zero-order valence-corrected chi connectivity index (χ0v) is 15.7. The average Bonchev–Trinajstić information content (AvgIpc) is 3.48. The number of hydrogen-bond acceptors (Lipinski definition) is 4. The number of pyridine rings is 1. The zero-order chi connectivity index (χ0) is 19.6. The van der Waals surface area contributed by atoms with Gasteiger partial charge in [-0.05, 0) is 11.6 Å². The van der Waals surface area contributed by atoms with E-state index < -0.39 is 0 Å². The second-order valence-electron chi connectivity index (χ2n) is 6.96. The van der Waals surface area contributed by atoms with Crippen LogP contribution in [0.2, 0.25) is 0 Å². The van der Waals surface area contributed by atoms with Crippen LogP contribution in [-0.2, 0) is 13.1 Å². The molecule has 0 unspecified atom stereocenters. The van der Waals surface area contributed by atoms with Gasteiger partial charge in [-0.25, -0.2) is 9.97 Å². The van der Waals surface area contributed by atoms with Gasteiger partial charge in [-0.3, -0.25) is 4.68 Å². The van der Waals surface area contributed by atoms with Crippen molar-refractivity contribution < 1.29 is 5.11 Å². The number of fused-ring (bicyclic) bond motifs is 1. The number of aliphatic hydroxyl groups excluding tert-OH is 1. The van der Waals surface area contributed by atoms with Crippen molar-refractivity contribution in [3.05, 3.63) is 79.3 Å². The highest BCUT2D eigenvalue weighted by atomic mass is 16.3. The summed E-state index contributed by atoms with van der Waals surface area (Å²) < 4.78 is 3.81. The minimum atomic E-state index is 0.0615. The summed E-state index contributed by atoms with van der Waals surface area (Å²) in [5.74, 6) is 0. The highest BCUT2D eigenvalue weighted by Gasteiger charge is 2.12. The Labute approximate surface area is 167 Å². The summed E-state index contributed by atoms with van der Waals surface area (Å²) in [5.41, 5.74) is 5.93. The van der Waals surface area contributed by atoms with Gasteiger partial charge in [0.25, 0.3) is 0 Å². The van der Waals surface area contributed by atoms with Crippen molar-refractivity contribution in [1.29, 1.82) is 0 Å². The molecule has 0 aliphatic rings. The lowest BCUT2D eigenvalue weighted by Crippen LogP contribution is -2.01. The number of rotatable bonds is 6. The molecule has 0 bridgehead atoms. The Balaban J connectivity index is 1.47. The average molecular weight is 384 g/mol. The normalized spacial score (nSPS) is 11.3. The molecule has 0 spiro atoms. The number of imidazole rings is 1. The Kier molecular flexibility index (Phi) is 4.42. The van der Waals surface area contributed by atoms with Crippen LogP contribution in [0.3, 0.4) is 0 Å². The van der Waals surface area contributed by atoms with Crippen molar-refractivity contribution in [3.63, 3.8) is 0 Å². The number of aromatic nitrogens is 6. The second-order valence-corrected chi connectivity index (χ2v) is 6.96. The lowest BCUT2D eigenvalue weighted by molar-refractivity contribution is 0.269. The summed E-state index contributed by atoms with van der Waals surface area (Å²) in [7, 11) is 0. The molecule has 144 valence electrons. The minimum absolute atomic E-state index is 0.0615. The molecule has 4 heterocycles. The van der Waals surface area contributed by atoms with E-state index in [2.05, 4.69) is 49.0 Å². The molecule has 0 radical (unpaired) electrons. The molecule has 7 nitrogen and oxygen atoms in total. The first-order chi connectivity index (χ1) is 14.3. The molecule has 0 fully saturated rings. The molecule has 7 heteroatoms. The van der Waals surface area contributed by atoms with Crippen LogP contribution in [0.1, 0.15) is 5.56 Å². The Hall–Kier alpha value is -3.71. The summed E-state index contributed by atoms with van der Waals surface area (Å²) in [5, 5.41) is 14.4. The van der Waals surface area contributed by atoms with E-state index in [1.54, 1.807) is 10.9 Å². The lowest BCUT2D eigenvalue weighted by Gasteiger charge is -2.01. The summed E-state index contributed by atoms with van der Waals surface area (Å²) in [6, 6.07) is 12.4. The molecule has 0 aliphatic carbocycles. The van der Waals surface area contributed by atoms with Gasteiger partial charge in [0.15, 0.2) is 0 Å². The number of nitrogens with zero attached hydrogens (tertiary/aromatic N) is 5. The fourth-order valence-electron chi connectivity index (χ4n) is 3.49. The van der Waals surface area contributed by atoms with Crippen molar-refractivity contribution in [2.45, 2.75) is 13.1 Å². The molecule has 0 atom stereocenters. The smallest absolute Gasteiger partial charge is 0.137 e. The van der Waals surface area contributed by atoms with Crippen molar-refractivity contribution in [1.82, 2.24) is 29.3 Å². The summed E-state index contributed by atoms with van der Waals surface area (Å²) in [4.78, 5) is 12.4. The summed E-state index contributed by atoms with van der Waals surface area (Å²) >= 11 is 0. The maximum atomic E-state index is 9.08. The molecule has 5 rings (SSSR count). The number of aromatic amines is 1. The van der Waals surface area contributed by atoms with E-state index in [4.69, 9.17) is 5.11 Å². The predicted molar refractivity (Wildman–Crippen MR) is 111 cm³/mol. The molecule has 5 aromatic rings. The van der Waals surface area contributed by atoms with Gasteiger partial charge in [0.05, 0.1) is 31.4 Å². The second kappa shape index (κ2) is 7.37. The van der Waals surface area contributed by atoms with Crippen LogP contribution in [0.15, 0.2) is 73.7 Å². The Morgan fingerprint density at radius 3 is 2.76 bits per heavy atom. The number of hydrogen-bond donors (Lipinski definition) is 2. The molecule has 2 N–H and O–H groups in total. The third kappa shape index (κ3) is 3.43. The molecular formula is C22H20N6O. The van der Waals surface area contributed by atoms with Crippen molar-refractivity contribution in [2.75, 3.05) is 6.61 Å². The topological polar surface area (TPSA) is 84.5 Å². The van der Waals surface area contributed by atoms with Crippen LogP contribution in [0.5, 0.6) is 0 Å². The van der Waals surface area contributed by atoms with E-state index in [1.165, 1.54) is 5.56 Å². The van der Waals surface area contributed by atoms with Crippen LogP contribution in [0.25, 0.3) is 33.4 Å². The zero-order valence-electron chi connectivity index (χ0n) is 15.7. The fraction of sp³-hybridized carbons (Fsp3) is 0.136. The lowest BCUT2D eigenvalue weighted by atomic mass is 10.1. The van der Waals surface area contributed by atoms with Crippen molar-refractivity contribution in [3.8, 4) is 22.4 Å². The molecule has 0 amide bonds. The maximum absolute atomic E-state index is 9.08. The molecule has 1 aromatic carbocycles. The third-order valence-corrected chi connectivity index (χ3v) is 4.94. The van der Waals surface area contributed by atoms with Crippen LogP contribution in [-0.4, -0.2) is 41.0 Å². The highest BCUT2D eigenvalue weighted by Crippen LogP contribution is 2.30. The Bertz CT molecular complexity index is 1250. The van der Waals surface area contributed by atoms with Crippen molar-refractivity contribution in [2.24, 2.45) is 0 Å². The number of H-pyrrole nitrogens is 1. The molecular weight excluding hydrogens is 364 g/mol. The van der Waals surface area contributed by atoms with E-state index in [-0.39, 0.29) is 6.61 Å². The van der Waals surface area contributed by atoms with Crippen LogP contribution >= 0.6 is 0 Å². The van der Waals surface area contributed by atoms with E-state index in [0.717, 1.165) is 40.0 Å². The quantitative estimate of drug-likeness (QED) is 0.470. The van der Waals surface area contributed by atoms with Gasteiger partial charge in [0.1, 0.15) is 5.65 Å². The highest BCUT2D eigenvalue weighted by molar-refractivity contribution is 5.94. The summed E-state index contributed by atoms with van der Waals surface area (Å²) in [6.45, 7) is 1.32. The minimum Gasteiger partial charge on any atom is -0.394 e.